The zero-order chi connectivity index (χ0) is 11.3. The molecule has 6 heteroatoms. The van der Waals surface area contributed by atoms with E-state index in [1.54, 1.807) is 0 Å². The Kier molecular flexibility index (Phi) is 1.74. The number of hydrogen-bond donors (Lipinski definition) is 1. The van der Waals surface area contributed by atoms with Crippen molar-refractivity contribution in [3.8, 4) is 11.5 Å². The molecule has 0 aromatic heterocycles. The second-order valence-corrected chi connectivity index (χ2v) is 3.83. The minimum atomic E-state index is -0.406. The topological polar surface area (TPSA) is 87.6 Å². The number of nitrogens with two attached hydrogens (primary N) is 1. The molecule has 0 saturated heterocycles. The second kappa shape index (κ2) is 3.01. The third-order valence-electron chi connectivity index (χ3n) is 3.00. The van der Waals surface area contributed by atoms with E-state index in [9.17, 15) is 10.1 Å². The summed E-state index contributed by atoms with van der Waals surface area (Å²) in [6.07, 6.45) is 1.13. The van der Waals surface area contributed by atoms with E-state index in [0.717, 1.165) is 0 Å². The normalized spacial score (nSPS) is 16.2. The van der Waals surface area contributed by atoms with E-state index in [1.165, 1.54) is 0 Å². The summed E-state index contributed by atoms with van der Waals surface area (Å²) in [5.41, 5.74) is 7.76. The summed E-state index contributed by atoms with van der Waals surface area (Å²) in [5.74, 6) is 0.822. The number of nitrogen functional groups attached to an aromatic ring is 1. The van der Waals surface area contributed by atoms with Crippen molar-refractivity contribution in [2.45, 2.75) is 12.8 Å². The van der Waals surface area contributed by atoms with Gasteiger partial charge in [0.15, 0.2) is 5.75 Å². The second-order valence-electron chi connectivity index (χ2n) is 3.83. The lowest BCUT2D eigenvalue weighted by Crippen LogP contribution is -2.00. The van der Waals surface area contributed by atoms with Crippen LogP contribution in [0.4, 0.5) is 11.4 Å². The lowest BCUT2D eigenvalue weighted by Gasteiger charge is -2.09. The van der Waals surface area contributed by atoms with E-state index in [-0.39, 0.29) is 5.69 Å². The lowest BCUT2D eigenvalue weighted by molar-refractivity contribution is -0.386. The SMILES string of the molecule is Nc1c2c(c([N+](=O)[O-])c3c1OCC3)OCC2. The highest BCUT2D eigenvalue weighted by molar-refractivity contribution is 5.77. The predicted octanol–water partition coefficient (Wildman–Crippen LogP) is 1.05. The standard InChI is InChI=1S/C10H10N2O4/c11-7-5-1-3-16-10(5)8(12(13)14)6-2-4-15-9(6)7/h1-4,11H2. The summed E-state index contributed by atoms with van der Waals surface area (Å²) >= 11 is 0. The molecule has 16 heavy (non-hydrogen) atoms. The molecule has 1 aromatic rings. The van der Waals surface area contributed by atoms with Crippen LogP contribution in [0.1, 0.15) is 11.1 Å². The van der Waals surface area contributed by atoms with Gasteiger partial charge in [-0.2, -0.15) is 0 Å². The third kappa shape index (κ3) is 1.01. The Balaban J connectivity index is 2.36. The van der Waals surface area contributed by atoms with Crippen molar-refractivity contribution in [1.82, 2.24) is 0 Å². The van der Waals surface area contributed by atoms with Gasteiger partial charge < -0.3 is 15.2 Å². The minimum absolute atomic E-state index is 0.0363. The molecule has 84 valence electrons. The van der Waals surface area contributed by atoms with Gasteiger partial charge in [0.05, 0.1) is 29.4 Å². The molecule has 0 amide bonds. The molecular weight excluding hydrogens is 212 g/mol. The Morgan fingerprint density at radius 1 is 1.12 bits per heavy atom. The summed E-state index contributed by atoms with van der Waals surface area (Å²) in [4.78, 5) is 10.7. The van der Waals surface area contributed by atoms with Crippen molar-refractivity contribution in [3.63, 3.8) is 0 Å². The molecule has 0 atom stereocenters. The number of nitro benzene ring substituents is 1. The van der Waals surface area contributed by atoms with Gasteiger partial charge in [0.2, 0.25) is 5.75 Å². The molecule has 2 aliphatic rings. The molecule has 3 rings (SSSR count). The zero-order valence-corrected chi connectivity index (χ0v) is 8.49. The highest BCUT2D eigenvalue weighted by Crippen LogP contribution is 2.49. The Bertz CT molecular complexity index is 463. The van der Waals surface area contributed by atoms with Crippen molar-refractivity contribution < 1.29 is 14.4 Å². The van der Waals surface area contributed by atoms with Gasteiger partial charge in [-0.25, -0.2) is 0 Å². The number of rotatable bonds is 1. The van der Waals surface area contributed by atoms with E-state index in [1.807, 2.05) is 0 Å². The summed E-state index contributed by atoms with van der Waals surface area (Å²) in [7, 11) is 0. The Hall–Kier alpha value is -1.98. The summed E-state index contributed by atoms with van der Waals surface area (Å²) in [6.45, 7) is 0.895. The molecule has 0 aliphatic carbocycles. The van der Waals surface area contributed by atoms with Crippen LogP contribution in [-0.4, -0.2) is 18.1 Å². The first kappa shape index (κ1) is 9.26. The largest absolute Gasteiger partial charge is 0.490 e. The quantitative estimate of drug-likeness (QED) is 0.436. The average molecular weight is 222 g/mol. The minimum Gasteiger partial charge on any atom is -0.490 e. The molecule has 0 bridgehead atoms. The number of hydrogen-bond acceptors (Lipinski definition) is 5. The van der Waals surface area contributed by atoms with Crippen LogP contribution in [0.15, 0.2) is 0 Å². The number of anilines is 1. The summed E-state index contributed by atoms with van der Waals surface area (Å²) < 4.78 is 10.7. The molecular formula is C10H10N2O4. The van der Waals surface area contributed by atoms with E-state index in [0.29, 0.717) is 54.4 Å². The van der Waals surface area contributed by atoms with Gasteiger partial charge >= 0.3 is 5.69 Å². The predicted molar refractivity (Wildman–Crippen MR) is 55.9 cm³/mol. The maximum atomic E-state index is 11.1. The number of benzene rings is 1. The van der Waals surface area contributed by atoms with Crippen LogP contribution < -0.4 is 15.2 Å². The highest BCUT2D eigenvalue weighted by atomic mass is 16.6. The molecule has 2 N–H and O–H groups in total. The molecule has 0 radical (unpaired) electrons. The van der Waals surface area contributed by atoms with Crippen molar-refractivity contribution in [1.29, 1.82) is 0 Å². The molecule has 0 saturated carbocycles. The number of nitro groups is 1. The molecule has 0 fully saturated rings. The molecule has 1 aromatic carbocycles. The van der Waals surface area contributed by atoms with Crippen LogP contribution in [0.3, 0.4) is 0 Å². The lowest BCUT2D eigenvalue weighted by atomic mass is 10.0. The van der Waals surface area contributed by atoms with Crippen LogP contribution in [0.5, 0.6) is 11.5 Å². The van der Waals surface area contributed by atoms with Gasteiger partial charge in [-0.05, 0) is 0 Å². The van der Waals surface area contributed by atoms with Crippen molar-refractivity contribution in [2.75, 3.05) is 18.9 Å². The summed E-state index contributed by atoms with van der Waals surface area (Å²) in [5, 5.41) is 11.1. The van der Waals surface area contributed by atoms with Crippen LogP contribution in [0, 0.1) is 10.1 Å². The van der Waals surface area contributed by atoms with Crippen LogP contribution in [-0.2, 0) is 12.8 Å². The van der Waals surface area contributed by atoms with Gasteiger partial charge in [-0.1, -0.05) is 0 Å². The van der Waals surface area contributed by atoms with E-state index in [2.05, 4.69) is 0 Å². The molecule has 6 nitrogen and oxygen atoms in total. The molecule has 2 aliphatic heterocycles. The Morgan fingerprint density at radius 3 is 2.44 bits per heavy atom. The number of fused-ring (bicyclic) bond motifs is 2. The van der Waals surface area contributed by atoms with Gasteiger partial charge in [0.1, 0.15) is 0 Å². The van der Waals surface area contributed by atoms with Crippen molar-refractivity contribution >= 4 is 11.4 Å². The number of ether oxygens (including phenoxy) is 2. The number of nitrogens with zero attached hydrogens (tertiary/aromatic N) is 1. The first-order valence-electron chi connectivity index (χ1n) is 5.07. The fraction of sp³-hybridized carbons (Fsp3) is 0.400. The molecule has 0 unspecified atom stereocenters. The van der Waals surface area contributed by atoms with Gasteiger partial charge in [0.25, 0.3) is 0 Å². The van der Waals surface area contributed by atoms with Crippen LogP contribution in [0.25, 0.3) is 0 Å². The zero-order valence-electron chi connectivity index (χ0n) is 8.49. The van der Waals surface area contributed by atoms with Crippen molar-refractivity contribution in [2.24, 2.45) is 0 Å². The van der Waals surface area contributed by atoms with Gasteiger partial charge in [0, 0.05) is 18.4 Å². The monoisotopic (exact) mass is 222 g/mol. The first-order valence-corrected chi connectivity index (χ1v) is 5.07. The van der Waals surface area contributed by atoms with Crippen LogP contribution >= 0.6 is 0 Å². The average Bonchev–Trinajstić information content (AvgIpc) is 2.84. The summed E-state index contributed by atoms with van der Waals surface area (Å²) in [6, 6.07) is 0. The molecule has 0 spiro atoms. The van der Waals surface area contributed by atoms with Gasteiger partial charge in [-0.3, -0.25) is 10.1 Å². The maximum absolute atomic E-state index is 11.1. The van der Waals surface area contributed by atoms with Crippen LogP contribution in [0.2, 0.25) is 0 Å². The van der Waals surface area contributed by atoms with Crippen molar-refractivity contribution in [3.05, 3.63) is 21.2 Å². The van der Waals surface area contributed by atoms with E-state index >= 15 is 0 Å². The fourth-order valence-corrected chi connectivity index (χ4v) is 2.31. The van der Waals surface area contributed by atoms with E-state index in [4.69, 9.17) is 15.2 Å². The van der Waals surface area contributed by atoms with Gasteiger partial charge in [-0.15, -0.1) is 0 Å². The third-order valence-corrected chi connectivity index (χ3v) is 3.00. The van der Waals surface area contributed by atoms with E-state index < -0.39 is 4.92 Å². The molecule has 2 heterocycles. The Labute approximate surface area is 91.1 Å². The maximum Gasteiger partial charge on any atom is 0.318 e. The Morgan fingerprint density at radius 2 is 1.75 bits per heavy atom. The smallest absolute Gasteiger partial charge is 0.318 e. The fourth-order valence-electron chi connectivity index (χ4n) is 2.31. The first-order chi connectivity index (χ1) is 7.70. The highest BCUT2D eigenvalue weighted by Gasteiger charge is 2.36.